The summed E-state index contributed by atoms with van der Waals surface area (Å²) in [4.78, 5) is 14.5. The molecule has 0 aromatic heterocycles. The third kappa shape index (κ3) is 4.13. The van der Waals surface area contributed by atoms with Gasteiger partial charge in [0.25, 0.3) is 5.91 Å². The number of carbonyl (C=O) groups excluding carboxylic acids is 1. The minimum atomic E-state index is -0.310. The number of hydrazone groups is 1. The monoisotopic (exact) mass is 321 g/mol. The number of nitrogens with one attached hydrogen (secondary N) is 1. The molecule has 1 saturated heterocycles. The third-order valence-corrected chi connectivity index (χ3v) is 3.81. The summed E-state index contributed by atoms with van der Waals surface area (Å²) in [6, 6.07) is 3.21. The lowest BCUT2D eigenvalue weighted by atomic mass is 10.1. The van der Waals surface area contributed by atoms with E-state index in [0.717, 1.165) is 31.6 Å². The number of carbonyl (C=O) groups is 1. The van der Waals surface area contributed by atoms with Crippen molar-refractivity contribution >= 4 is 11.6 Å². The largest absolute Gasteiger partial charge is 0.493 e. The standard InChI is InChI=1S/C16H23N3O4/c1-19-7-5-12(6-8-19)17-18-16(20)11-9-13(21-2)15(23-4)14(10-11)22-3/h9-10H,5-8H2,1-4H3,(H,18,20). The molecule has 2 rings (SSSR count). The lowest BCUT2D eigenvalue weighted by Crippen LogP contribution is -2.32. The number of piperidine rings is 1. The molecule has 0 spiro atoms. The molecule has 1 heterocycles. The number of benzene rings is 1. The van der Waals surface area contributed by atoms with Crippen LogP contribution in [-0.4, -0.2) is 58.0 Å². The van der Waals surface area contributed by atoms with E-state index in [-0.39, 0.29) is 5.91 Å². The van der Waals surface area contributed by atoms with Crippen molar-refractivity contribution in [1.29, 1.82) is 0 Å². The average Bonchev–Trinajstić information content (AvgIpc) is 2.59. The summed E-state index contributed by atoms with van der Waals surface area (Å²) in [7, 11) is 6.62. The first-order valence-corrected chi connectivity index (χ1v) is 7.43. The molecule has 23 heavy (non-hydrogen) atoms. The Hall–Kier alpha value is -2.28. The molecule has 1 fully saturated rings. The summed E-state index contributed by atoms with van der Waals surface area (Å²) in [6.45, 7) is 1.91. The summed E-state index contributed by atoms with van der Waals surface area (Å²) in [5, 5.41) is 4.23. The first-order chi connectivity index (χ1) is 11.1. The number of hydrogen-bond acceptors (Lipinski definition) is 6. The first-order valence-electron chi connectivity index (χ1n) is 7.43. The van der Waals surface area contributed by atoms with Crippen LogP contribution in [0.1, 0.15) is 23.2 Å². The van der Waals surface area contributed by atoms with E-state index in [1.807, 2.05) is 0 Å². The molecule has 1 N–H and O–H groups in total. The highest BCUT2D eigenvalue weighted by atomic mass is 16.5. The Morgan fingerprint density at radius 1 is 1.09 bits per heavy atom. The highest BCUT2D eigenvalue weighted by Gasteiger charge is 2.17. The van der Waals surface area contributed by atoms with Gasteiger partial charge in [0.15, 0.2) is 11.5 Å². The maximum atomic E-state index is 12.3. The van der Waals surface area contributed by atoms with Crippen LogP contribution in [0.4, 0.5) is 0 Å². The maximum Gasteiger partial charge on any atom is 0.271 e. The van der Waals surface area contributed by atoms with Crippen molar-refractivity contribution in [3.8, 4) is 17.2 Å². The number of amides is 1. The van der Waals surface area contributed by atoms with Gasteiger partial charge in [0, 0.05) is 37.2 Å². The zero-order chi connectivity index (χ0) is 16.8. The van der Waals surface area contributed by atoms with Crippen molar-refractivity contribution in [2.24, 2.45) is 5.10 Å². The molecule has 0 bridgehead atoms. The topological polar surface area (TPSA) is 72.4 Å². The van der Waals surface area contributed by atoms with Crippen LogP contribution in [0, 0.1) is 0 Å². The minimum absolute atomic E-state index is 0.310. The smallest absolute Gasteiger partial charge is 0.271 e. The SMILES string of the molecule is COc1cc(C(=O)NN=C2CCN(C)CC2)cc(OC)c1OC. The van der Waals surface area contributed by atoms with E-state index in [0.29, 0.717) is 22.8 Å². The Bertz CT molecular complexity index is 566. The number of ether oxygens (including phenoxy) is 3. The summed E-state index contributed by atoms with van der Waals surface area (Å²) in [5.74, 6) is 1.01. The fourth-order valence-corrected chi connectivity index (χ4v) is 2.40. The summed E-state index contributed by atoms with van der Waals surface area (Å²) >= 11 is 0. The van der Waals surface area contributed by atoms with Gasteiger partial charge in [-0.2, -0.15) is 5.10 Å². The second kappa shape index (κ2) is 7.82. The predicted octanol–water partition coefficient (Wildman–Crippen LogP) is 1.52. The molecule has 0 aliphatic carbocycles. The van der Waals surface area contributed by atoms with Crippen molar-refractivity contribution in [3.05, 3.63) is 17.7 Å². The number of likely N-dealkylation sites (tertiary alicyclic amines) is 1. The molecule has 126 valence electrons. The Balaban J connectivity index is 2.14. The Kier molecular flexibility index (Phi) is 5.81. The maximum absolute atomic E-state index is 12.3. The van der Waals surface area contributed by atoms with Crippen LogP contribution < -0.4 is 19.6 Å². The van der Waals surface area contributed by atoms with Crippen LogP contribution in [0.2, 0.25) is 0 Å². The van der Waals surface area contributed by atoms with Gasteiger partial charge < -0.3 is 19.1 Å². The zero-order valence-electron chi connectivity index (χ0n) is 14.0. The van der Waals surface area contributed by atoms with E-state index < -0.39 is 0 Å². The van der Waals surface area contributed by atoms with Crippen molar-refractivity contribution in [2.45, 2.75) is 12.8 Å². The summed E-state index contributed by atoms with van der Waals surface area (Å²) in [5.41, 5.74) is 4.01. The molecule has 0 unspecified atom stereocenters. The van der Waals surface area contributed by atoms with E-state index in [1.54, 1.807) is 12.1 Å². The van der Waals surface area contributed by atoms with E-state index >= 15 is 0 Å². The second-order valence-electron chi connectivity index (χ2n) is 5.34. The van der Waals surface area contributed by atoms with Gasteiger partial charge in [-0.1, -0.05) is 0 Å². The summed E-state index contributed by atoms with van der Waals surface area (Å²) < 4.78 is 15.7. The van der Waals surface area contributed by atoms with Gasteiger partial charge in [-0.25, -0.2) is 5.43 Å². The van der Waals surface area contributed by atoms with Gasteiger partial charge in [-0.05, 0) is 19.2 Å². The predicted molar refractivity (Wildman–Crippen MR) is 87.7 cm³/mol. The molecule has 1 aliphatic rings. The van der Waals surface area contributed by atoms with Crippen LogP contribution in [0.15, 0.2) is 17.2 Å². The number of nitrogens with zero attached hydrogens (tertiary/aromatic N) is 2. The van der Waals surface area contributed by atoms with E-state index in [4.69, 9.17) is 14.2 Å². The highest BCUT2D eigenvalue weighted by molar-refractivity contribution is 5.96. The van der Waals surface area contributed by atoms with E-state index in [9.17, 15) is 4.79 Å². The highest BCUT2D eigenvalue weighted by Crippen LogP contribution is 2.38. The van der Waals surface area contributed by atoms with Crippen LogP contribution >= 0.6 is 0 Å². The first kappa shape index (κ1) is 17.1. The molecule has 1 aromatic carbocycles. The molecule has 7 heteroatoms. The van der Waals surface area contributed by atoms with Crippen molar-refractivity contribution < 1.29 is 19.0 Å². The molecule has 0 saturated carbocycles. The van der Waals surface area contributed by atoms with Gasteiger partial charge in [0.05, 0.1) is 21.3 Å². The fourth-order valence-electron chi connectivity index (χ4n) is 2.40. The quantitative estimate of drug-likeness (QED) is 0.833. The van der Waals surface area contributed by atoms with E-state index in [2.05, 4.69) is 22.5 Å². The van der Waals surface area contributed by atoms with Crippen molar-refractivity contribution in [3.63, 3.8) is 0 Å². The van der Waals surface area contributed by atoms with Gasteiger partial charge >= 0.3 is 0 Å². The van der Waals surface area contributed by atoms with Gasteiger partial charge in [0.2, 0.25) is 5.75 Å². The molecule has 0 radical (unpaired) electrons. The zero-order valence-corrected chi connectivity index (χ0v) is 14.0. The molecular weight excluding hydrogens is 298 g/mol. The molecular formula is C16H23N3O4. The summed E-state index contributed by atoms with van der Waals surface area (Å²) in [6.07, 6.45) is 1.73. The minimum Gasteiger partial charge on any atom is -0.493 e. The molecule has 7 nitrogen and oxygen atoms in total. The van der Waals surface area contributed by atoms with Gasteiger partial charge in [-0.15, -0.1) is 0 Å². The Morgan fingerprint density at radius 3 is 2.13 bits per heavy atom. The number of methoxy groups -OCH3 is 3. The lowest BCUT2D eigenvalue weighted by molar-refractivity contribution is 0.0953. The molecule has 1 amide bonds. The van der Waals surface area contributed by atoms with Crippen molar-refractivity contribution in [1.82, 2.24) is 10.3 Å². The number of hydrogen-bond donors (Lipinski definition) is 1. The lowest BCUT2D eigenvalue weighted by Gasteiger charge is -2.22. The molecule has 0 atom stereocenters. The Labute approximate surface area is 136 Å². The van der Waals surface area contributed by atoms with Crippen LogP contribution in [0.25, 0.3) is 0 Å². The third-order valence-electron chi connectivity index (χ3n) is 3.81. The van der Waals surface area contributed by atoms with Crippen LogP contribution in [0.5, 0.6) is 17.2 Å². The van der Waals surface area contributed by atoms with Crippen LogP contribution in [0.3, 0.4) is 0 Å². The van der Waals surface area contributed by atoms with Gasteiger partial charge in [-0.3, -0.25) is 4.79 Å². The second-order valence-corrected chi connectivity index (χ2v) is 5.34. The van der Waals surface area contributed by atoms with E-state index in [1.165, 1.54) is 21.3 Å². The van der Waals surface area contributed by atoms with Crippen molar-refractivity contribution in [2.75, 3.05) is 41.5 Å². The number of rotatable bonds is 5. The average molecular weight is 321 g/mol. The Morgan fingerprint density at radius 2 is 1.65 bits per heavy atom. The fraction of sp³-hybridized carbons (Fsp3) is 0.500. The van der Waals surface area contributed by atoms with Gasteiger partial charge in [0.1, 0.15) is 0 Å². The molecule has 1 aromatic rings. The normalized spacial score (nSPS) is 15.0. The molecule has 1 aliphatic heterocycles. The van der Waals surface area contributed by atoms with Crippen LogP contribution in [-0.2, 0) is 0 Å².